The highest BCUT2D eigenvalue weighted by Crippen LogP contribution is 2.29. The highest BCUT2D eigenvalue weighted by molar-refractivity contribution is 5.85. The largest absolute Gasteiger partial charge is 0.478 e. The van der Waals surface area contributed by atoms with Crippen molar-refractivity contribution in [2.24, 2.45) is 0 Å². The average molecular weight is 460 g/mol. The van der Waals surface area contributed by atoms with Crippen molar-refractivity contribution in [3.63, 3.8) is 0 Å². The Kier molecular flexibility index (Phi) is 6.34. The number of imidazole rings is 1. The van der Waals surface area contributed by atoms with E-state index in [1.54, 1.807) is 0 Å². The molecule has 178 valence electrons. The minimum atomic E-state index is 0.662. The molecule has 8 heteroatoms. The van der Waals surface area contributed by atoms with Crippen molar-refractivity contribution in [2.75, 3.05) is 65.4 Å². The lowest BCUT2D eigenvalue weighted by molar-refractivity contribution is 0.273. The summed E-state index contributed by atoms with van der Waals surface area (Å²) < 4.78 is 8.07. The Bertz CT molecular complexity index is 1270. The van der Waals surface area contributed by atoms with Gasteiger partial charge in [-0.2, -0.15) is 0 Å². The number of ether oxygens (including phenoxy) is 1. The van der Waals surface area contributed by atoms with E-state index in [1.807, 2.05) is 18.5 Å². The van der Waals surface area contributed by atoms with Gasteiger partial charge in [-0.3, -0.25) is 9.38 Å². The standard InChI is InChI=1S/C26H33N7O/c1-19-24-18-27-22-8-6-20(21-7-9-25(28-17-21)34-15-5-10-30(2)3)16-23(22)33(24)26(29-19)32-13-11-31(4)12-14-32/h6-9,16-18H,5,10-15H2,1-4H3. The van der Waals surface area contributed by atoms with Gasteiger partial charge in [0.05, 0.1) is 35.0 Å². The molecule has 1 aromatic carbocycles. The zero-order chi connectivity index (χ0) is 23.7. The number of rotatable bonds is 7. The Morgan fingerprint density at radius 2 is 1.74 bits per heavy atom. The van der Waals surface area contributed by atoms with Crippen LogP contribution in [0.15, 0.2) is 42.7 Å². The fourth-order valence-electron chi connectivity index (χ4n) is 4.45. The van der Waals surface area contributed by atoms with Crippen LogP contribution in [0.25, 0.3) is 27.7 Å². The van der Waals surface area contributed by atoms with Crippen molar-refractivity contribution in [1.29, 1.82) is 0 Å². The first-order valence-corrected chi connectivity index (χ1v) is 11.9. The van der Waals surface area contributed by atoms with Crippen LogP contribution in [0.3, 0.4) is 0 Å². The maximum absolute atomic E-state index is 5.80. The third kappa shape index (κ3) is 4.56. The number of aryl methyl sites for hydroxylation is 1. The molecule has 4 heterocycles. The maximum atomic E-state index is 5.80. The zero-order valence-electron chi connectivity index (χ0n) is 20.5. The molecule has 3 aromatic heterocycles. The van der Waals surface area contributed by atoms with Crippen LogP contribution in [-0.2, 0) is 0 Å². The van der Waals surface area contributed by atoms with Gasteiger partial charge in [0, 0.05) is 50.6 Å². The second-order valence-corrected chi connectivity index (χ2v) is 9.36. The Morgan fingerprint density at radius 1 is 0.941 bits per heavy atom. The molecule has 1 saturated heterocycles. The molecule has 0 saturated carbocycles. The van der Waals surface area contributed by atoms with E-state index >= 15 is 0 Å². The number of pyridine rings is 1. The maximum Gasteiger partial charge on any atom is 0.213 e. The average Bonchev–Trinajstić information content (AvgIpc) is 3.19. The van der Waals surface area contributed by atoms with Crippen molar-refractivity contribution in [1.82, 2.24) is 29.2 Å². The summed E-state index contributed by atoms with van der Waals surface area (Å²) in [5.41, 5.74) is 6.23. The fraction of sp³-hybridized carbons (Fsp3) is 0.423. The Balaban J connectivity index is 1.46. The summed E-state index contributed by atoms with van der Waals surface area (Å²) in [6.07, 6.45) is 4.80. The lowest BCUT2D eigenvalue weighted by Gasteiger charge is -2.32. The second kappa shape index (κ2) is 9.56. The van der Waals surface area contributed by atoms with Gasteiger partial charge in [0.15, 0.2) is 0 Å². The third-order valence-electron chi connectivity index (χ3n) is 6.48. The smallest absolute Gasteiger partial charge is 0.213 e. The van der Waals surface area contributed by atoms with E-state index in [-0.39, 0.29) is 0 Å². The molecule has 0 spiro atoms. The quantitative estimate of drug-likeness (QED) is 0.393. The van der Waals surface area contributed by atoms with Gasteiger partial charge in [0.25, 0.3) is 0 Å². The van der Waals surface area contributed by atoms with E-state index in [2.05, 4.69) is 76.4 Å². The fourth-order valence-corrected chi connectivity index (χ4v) is 4.45. The number of benzene rings is 1. The molecule has 0 atom stereocenters. The molecule has 0 aliphatic carbocycles. The van der Waals surface area contributed by atoms with Gasteiger partial charge in [-0.1, -0.05) is 6.07 Å². The molecule has 1 aliphatic heterocycles. The van der Waals surface area contributed by atoms with Gasteiger partial charge in [0.2, 0.25) is 11.8 Å². The second-order valence-electron chi connectivity index (χ2n) is 9.36. The molecule has 34 heavy (non-hydrogen) atoms. The molecule has 5 rings (SSSR count). The molecule has 1 aliphatic rings. The summed E-state index contributed by atoms with van der Waals surface area (Å²) >= 11 is 0. The SMILES string of the molecule is Cc1nc(N2CCN(C)CC2)n2c1cnc1ccc(-c3ccc(OCCCN(C)C)nc3)cc12. The number of hydrogen-bond donors (Lipinski definition) is 0. The van der Waals surface area contributed by atoms with Crippen molar-refractivity contribution in [2.45, 2.75) is 13.3 Å². The number of likely N-dealkylation sites (N-methyl/N-ethyl adjacent to an activating group) is 1. The van der Waals surface area contributed by atoms with Crippen LogP contribution in [0.4, 0.5) is 5.95 Å². The van der Waals surface area contributed by atoms with Crippen molar-refractivity contribution in [3.05, 3.63) is 48.4 Å². The first-order chi connectivity index (χ1) is 16.5. The third-order valence-corrected chi connectivity index (χ3v) is 6.48. The van der Waals surface area contributed by atoms with Crippen molar-refractivity contribution >= 4 is 22.5 Å². The van der Waals surface area contributed by atoms with Crippen LogP contribution in [0.5, 0.6) is 5.88 Å². The predicted molar refractivity (Wildman–Crippen MR) is 137 cm³/mol. The minimum absolute atomic E-state index is 0.662. The van der Waals surface area contributed by atoms with Gasteiger partial charge in [-0.25, -0.2) is 9.97 Å². The van der Waals surface area contributed by atoms with Crippen molar-refractivity contribution < 1.29 is 4.74 Å². The van der Waals surface area contributed by atoms with Crippen LogP contribution in [-0.4, -0.2) is 89.6 Å². The highest BCUT2D eigenvalue weighted by Gasteiger charge is 2.21. The molecule has 0 radical (unpaired) electrons. The summed E-state index contributed by atoms with van der Waals surface area (Å²) in [5, 5.41) is 0. The number of nitrogens with zero attached hydrogens (tertiary/aromatic N) is 7. The summed E-state index contributed by atoms with van der Waals surface area (Å²) in [7, 11) is 6.31. The van der Waals surface area contributed by atoms with Gasteiger partial charge < -0.3 is 19.4 Å². The Labute approximate surface area is 200 Å². The highest BCUT2D eigenvalue weighted by atomic mass is 16.5. The van der Waals surface area contributed by atoms with Gasteiger partial charge in [-0.05, 0) is 58.3 Å². The van der Waals surface area contributed by atoms with E-state index < -0.39 is 0 Å². The summed E-state index contributed by atoms with van der Waals surface area (Å²) in [6.45, 7) is 7.75. The number of piperazine rings is 1. The lowest BCUT2D eigenvalue weighted by Crippen LogP contribution is -2.45. The van der Waals surface area contributed by atoms with Crippen molar-refractivity contribution in [3.8, 4) is 17.0 Å². The molecule has 0 unspecified atom stereocenters. The Morgan fingerprint density at radius 3 is 2.47 bits per heavy atom. The molecule has 0 amide bonds. The normalized spacial score (nSPS) is 15.0. The first-order valence-electron chi connectivity index (χ1n) is 11.9. The van der Waals surface area contributed by atoms with Crippen LogP contribution in [0, 0.1) is 6.92 Å². The van der Waals surface area contributed by atoms with Gasteiger partial charge in [0.1, 0.15) is 0 Å². The number of aromatic nitrogens is 4. The van der Waals surface area contributed by atoms with Crippen LogP contribution < -0.4 is 9.64 Å². The number of anilines is 1. The molecule has 0 N–H and O–H groups in total. The van der Waals surface area contributed by atoms with E-state index in [0.717, 1.165) is 78.5 Å². The molecule has 1 fully saturated rings. The number of hydrogen-bond acceptors (Lipinski definition) is 7. The first kappa shape index (κ1) is 22.6. The van der Waals surface area contributed by atoms with E-state index in [0.29, 0.717) is 12.5 Å². The van der Waals surface area contributed by atoms with Crippen LogP contribution in [0.2, 0.25) is 0 Å². The summed E-state index contributed by atoms with van der Waals surface area (Å²) in [4.78, 5) is 21.1. The summed E-state index contributed by atoms with van der Waals surface area (Å²) in [6, 6.07) is 10.4. The molecule has 8 nitrogen and oxygen atoms in total. The topological polar surface area (TPSA) is 62.0 Å². The molecular formula is C26H33N7O. The van der Waals surface area contributed by atoms with Crippen LogP contribution in [0.1, 0.15) is 12.1 Å². The van der Waals surface area contributed by atoms with E-state index in [1.165, 1.54) is 0 Å². The molecule has 4 aromatic rings. The predicted octanol–water partition coefficient (Wildman–Crippen LogP) is 3.34. The van der Waals surface area contributed by atoms with Crippen LogP contribution >= 0.6 is 0 Å². The summed E-state index contributed by atoms with van der Waals surface area (Å²) in [5.74, 6) is 1.67. The van der Waals surface area contributed by atoms with E-state index in [4.69, 9.17) is 14.7 Å². The van der Waals surface area contributed by atoms with Gasteiger partial charge in [-0.15, -0.1) is 0 Å². The van der Waals surface area contributed by atoms with E-state index in [9.17, 15) is 0 Å². The number of fused-ring (bicyclic) bond motifs is 3. The molecule has 0 bridgehead atoms. The minimum Gasteiger partial charge on any atom is -0.478 e. The van der Waals surface area contributed by atoms with Gasteiger partial charge >= 0.3 is 0 Å². The zero-order valence-corrected chi connectivity index (χ0v) is 20.5. The molecular weight excluding hydrogens is 426 g/mol. The lowest BCUT2D eigenvalue weighted by atomic mass is 10.1. The monoisotopic (exact) mass is 459 g/mol. The Hall–Kier alpha value is -3.23.